The Labute approximate surface area is 182 Å². The van der Waals surface area contributed by atoms with Gasteiger partial charge >= 0.3 is 6.18 Å². The summed E-state index contributed by atoms with van der Waals surface area (Å²) < 4.78 is 41.7. The van der Waals surface area contributed by atoms with Gasteiger partial charge in [0.25, 0.3) is 0 Å². The highest BCUT2D eigenvalue weighted by atomic mass is 19.4. The van der Waals surface area contributed by atoms with E-state index in [0.29, 0.717) is 5.52 Å². The van der Waals surface area contributed by atoms with Gasteiger partial charge in [-0.05, 0) is 57.1 Å². The molecule has 0 spiro atoms. The standard InChI is InChI=1S/C25H32F3N3/c1-3-5-15-30(16-6-4-2)17-10-18-31-23-14-13-21(25(26,27)28)19-22(23)29-24(31)20-11-8-7-9-12-20/h7-9,11-14,19H,3-6,10,15-18H2,1-2H3. The monoisotopic (exact) mass is 431 g/mol. The Morgan fingerprint density at radius 3 is 2.13 bits per heavy atom. The molecule has 6 heteroatoms. The maximum atomic E-state index is 13.2. The van der Waals surface area contributed by atoms with Crippen molar-refractivity contribution in [1.29, 1.82) is 0 Å². The van der Waals surface area contributed by atoms with E-state index in [1.165, 1.54) is 25.7 Å². The number of unbranched alkanes of at least 4 members (excludes halogenated alkanes) is 2. The highest BCUT2D eigenvalue weighted by Crippen LogP contribution is 2.33. The Kier molecular flexibility index (Phi) is 8.13. The lowest BCUT2D eigenvalue weighted by Gasteiger charge is -2.22. The molecule has 3 rings (SSSR count). The van der Waals surface area contributed by atoms with Crippen LogP contribution in [0.4, 0.5) is 13.2 Å². The number of fused-ring (bicyclic) bond motifs is 1. The lowest BCUT2D eigenvalue weighted by atomic mass is 10.2. The van der Waals surface area contributed by atoms with E-state index in [-0.39, 0.29) is 0 Å². The molecule has 0 atom stereocenters. The maximum absolute atomic E-state index is 13.2. The van der Waals surface area contributed by atoms with Gasteiger partial charge in [-0.1, -0.05) is 57.0 Å². The summed E-state index contributed by atoms with van der Waals surface area (Å²) in [6.07, 6.45) is 1.28. The van der Waals surface area contributed by atoms with Crippen molar-refractivity contribution in [3.63, 3.8) is 0 Å². The predicted octanol–water partition coefficient (Wildman–Crippen LogP) is 7.01. The van der Waals surface area contributed by atoms with Crippen LogP contribution < -0.4 is 0 Å². The van der Waals surface area contributed by atoms with E-state index in [1.807, 2.05) is 30.3 Å². The van der Waals surface area contributed by atoms with Gasteiger partial charge in [0, 0.05) is 12.1 Å². The van der Waals surface area contributed by atoms with E-state index >= 15 is 0 Å². The van der Waals surface area contributed by atoms with Crippen LogP contribution in [-0.2, 0) is 12.7 Å². The molecule has 0 aliphatic rings. The van der Waals surface area contributed by atoms with E-state index in [2.05, 4.69) is 28.3 Å². The molecular formula is C25H32F3N3. The first-order chi connectivity index (χ1) is 14.9. The highest BCUT2D eigenvalue weighted by Gasteiger charge is 2.31. The third kappa shape index (κ3) is 6.10. The number of halogens is 3. The number of rotatable bonds is 11. The summed E-state index contributed by atoms with van der Waals surface area (Å²) in [6.45, 7) is 8.31. The van der Waals surface area contributed by atoms with Gasteiger partial charge in [0.15, 0.2) is 0 Å². The molecule has 0 unspecified atom stereocenters. The number of benzene rings is 2. The zero-order valence-corrected chi connectivity index (χ0v) is 18.5. The Hall–Kier alpha value is -2.34. The largest absolute Gasteiger partial charge is 0.416 e. The zero-order valence-electron chi connectivity index (χ0n) is 18.5. The number of hydrogen-bond acceptors (Lipinski definition) is 2. The summed E-state index contributed by atoms with van der Waals surface area (Å²) in [5.74, 6) is 0.726. The second-order valence-corrected chi connectivity index (χ2v) is 8.06. The van der Waals surface area contributed by atoms with E-state index in [4.69, 9.17) is 0 Å². The first-order valence-corrected chi connectivity index (χ1v) is 11.3. The van der Waals surface area contributed by atoms with Gasteiger partial charge in [0.05, 0.1) is 16.6 Å². The van der Waals surface area contributed by atoms with Gasteiger partial charge < -0.3 is 9.47 Å². The van der Waals surface area contributed by atoms with Crippen LogP contribution in [0, 0.1) is 0 Å². The minimum absolute atomic E-state index is 0.391. The Morgan fingerprint density at radius 1 is 0.871 bits per heavy atom. The zero-order chi connectivity index (χ0) is 22.3. The Bertz CT molecular complexity index is 940. The number of aryl methyl sites for hydroxylation is 1. The van der Waals surface area contributed by atoms with Gasteiger partial charge in [-0.2, -0.15) is 13.2 Å². The van der Waals surface area contributed by atoms with Gasteiger partial charge in [0.1, 0.15) is 5.82 Å². The molecule has 0 bridgehead atoms. The van der Waals surface area contributed by atoms with Crippen LogP contribution in [0.15, 0.2) is 48.5 Å². The molecule has 31 heavy (non-hydrogen) atoms. The van der Waals surface area contributed by atoms with Crippen LogP contribution in [0.25, 0.3) is 22.4 Å². The van der Waals surface area contributed by atoms with E-state index in [0.717, 1.165) is 61.6 Å². The fourth-order valence-corrected chi connectivity index (χ4v) is 3.89. The van der Waals surface area contributed by atoms with Crippen LogP contribution in [0.3, 0.4) is 0 Å². The topological polar surface area (TPSA) is 21.1 Å². The molecule has 0 aliphatic carbocycles. The summed E-state index contributed by atoms with van der Waals surface area (Å²) >= 11 is 0. The molecule has 1 heterocycles. The number of alkyl halides is 3. The quantitative estimate of drug-likeness (QED) is 0.325. The molecule has 0 saturated carbocycles. The summed E-state index contributed by atoms with van der Waals surface area (Å²) in [6, 6.07) is 13.6. The van der Waals surface area contributed by atoms with Crippen molar-refractivity contribution in [1.82, 2.24) is 14.5 Å². The smallest absolute Gasteiger partial charge is 0.324 e. The third-order valence-electron chi connectivity index (χ3n) is 5.62. The van der Waals surface area contributed by atoms with Crippen molar-refractivity contribution in [3.8, 4) is 11.4 Å². The summed E-state index contributed by atoms with van der Waals surface area (Å²) in [7, 11) is 0. The number of aromatic nitrogens is 2. The van der Waals surface area contributed by atoms with E-state index in [9.17, 15) is 13.2 Å². The lowest BCUT2D eigenvalue weighted by Crippen LogP contribution is -2.28. The van der Waals surface area contributed by atoms with E-state index < -0.39 is 11.7 Å². The van der Waals surface area contributed by atoms with Gasteiger partial charge in [-0.3, -0.25) is 0 Å². The average Bonchev–Trinajstić information content (AvgIpc) is 3.13. The number of hydrogen-bond donors (Lipinski definition) is 0. The maximum Gasteiger partial charge on any atom is 0.416 e. The molecule has 0 fully saturated rings. The van der Waals surface area contributed by atoms with Crippen molar-refractivity contribution < 1.29 is 13.2 Å². The normalized spacial score (nSPS) is 12.2. The van der Waals surface area contributed by atoms with Crippen molar-refractivity contribution >= 4 is 11.0 Å². The first kappa shape index (κ1) is 23.3. The SMILES string of the molecule is CCCCN(CCCC)CCCn1c(-c2ccccc2)nc2cc(C(F)(F)F)ccc21. The molecule has 0 N–H and O–H groups in total. The van der Waals surface area contributed by atoms with E-state index in [1.54, 1.807) is 6.07 Å². The van der Waals surface area contributed by atoms with Gasteiger partial charge in [-0.15, -0.1) is 0 Å². The molecule has 2 aromatic carbocycles. The second kappa shape index (κ2) is 10.8. The number of imidazole rings is 1. The molecule has 3 aromatic rings. The van der Waals surface area contributed by atoms with Gasteiger partial charge in [0.2, 0.25) is 0 Å². The molecule has 3 nitrogen and oxygen atoms in total. The molecule has 0 aliphatic heterocycles. The molecule has 1 aromatic heterocycles. The fourth-order valence-electron chi connectivity index (χ4n) is 3.89. The summed E-state index contributed by atoms with van der Waals surface area (Å²) in [4.78, 5) is 7.11. The summed E-state index contributed by atoms with van der Waals surface area (Å²) in [5, 5.41) is 0. The fraction of sp³-hybridized carbons (Fsp3) is 0.480. The van der Waals surface area contributed by atoms with Crippen LogP contribution in [0.1, 0.15) is 51.5 Å². The highest BCUT2D eigenvalue weighted by molar-refractivity contribution is 5.81. The second-order valence-electron chi connectivity index (χ2n) is 8.06. The van der Waals surface area contributed by atoms with Crippen molar-refractivity contribution in [2.24, 2.45) is 0 Å². The Balaban J connectivity index is 1.86. The molecular weight excluding hydrogens is 399 g/mol. The van der Waals surface area contributed by atoms with Crippen LogP contribution in [-0.4, -0.2) is 34.1 Å². The first-order valence-electron chi connectivity index (χ1n) is 11.3. The van der Waals surface area contributed by atoms with Crippen LogP contribution in [0.2, 0.25) is 0 Å². The van der Waals surface area contributed by atoms with Crippen molar-refractivity contribution in [3.05, 3.63) is 54.1 Å². The van der Waals surface area contributed by atoms with Crippen molar-refractivity contribution in [2.75, 3.05) is 19.6 Å². The van der Waals surface area contributed by atoms with Crippen LogP contribution in [0.5, 0.6) is 0 Å². The minimum Gasteiger partial charge on any atom is -0.324 e. The predicted molar refractivity (Wildman–Crippen MR) is 121 cm³/mol. The molecule has 0 saturated heterocycles. The lowest BCUT2D eigenvalue weighted by molar-refractivity contribution is -0.137. The molecule has 0 radical (unpaired) electrons. The molecule has 0 amide bonds. The third-order valence-corrected chi connectivity index (χ3v) is 5.62. The van der Waals surface area contributed by atoms with Crippen molar-refractivity contribution in [2.45, 2.75) is 58.7 Å². The minimum atomic E-state index is -4.37. The Morgan fingerprint density at radius 2 is 1.52 bits per heavy atom. The number of nitrogens with zero attached hydrogens (tertiary/aromatic N) is 3. The summed E-state index contributed by atoms with van der Waals surface area (Å²) in [5.41, 5.74) is 1.40. The average molecular weight is 432 g/mol. The van der Waals surface area contributed by atoms with Crippen LogP contribution >= 0.6 is 0 Å². The molecule has 168 valence electrons. The van der Waals surface area contributed by atoms with Gasteiger partial charge in [-0.25, -0.2) is 4.98 Å².